The third kappa shape index (κ3) is 51.3. The van der Waals surface area contributed by atoms with Gasteiger partial charge in [-0.25, -0.2) is 0 Å². The molecule has 4 atom stereocenters. The summed E-state index contributed by atoms with van der Waals surface area (Å²) in [4.78, 5) is 42.7. The van der Waals surface area contributed by atoms with Gasteiger partial charge in [0, 0.05) is 18.7 Å². The number of nitrogens with one attached hydrogen (secondary N) is 2. The van der Waals surface area contributed by atoms with Gasteiger partial charge in [0.05, 0.1) is 24.6 Å². The van der Waals surface area contributed by atoms with E-state index in [4.69, 9.17) is 19.3 Å². The summed E-state index contributed by atoms with van der Waals surface area (Å²) in [5.41, 5.74) is 0. The normalized spacial score (nSPS) is 12.3. The fourth-order valence-corrected chi connectivity index (χ4v) is 2.24. The highest BCUT2D eigenvalue weighted by atomic mass is 79.9. The van der Waals surface area contributed by atoms with Crippen LogP contribution in [-0.2, 0) is 33.4 Å². The lowest BCUT2D eigenvalue weighted by molar-refractivity contribution is -0.146. The number of aliphatic hydroxyl groups excluding tert-OH is 1. The zero-order chi connectivity index (χ0) is 35.0. The maximum atomic E-state index is 11.2. The van der Waals surface area contributed by atoms with E-state index >= 15 is 0 Å². The summed E-state index contributed by atoms with van der Waals surface area (Å²) in [5.74, 6) is -0.507. The largest absolute Gasteiger partial charge is 0.465 e. The van der Waals surface area contributed by atoms with Crippen LogP contribution in [0.3, 0.4) is 0 Å². The summed E-state index contributed by atoms with van der Waals surface area (Å²) >= 11 is 8.89. The van der Waals surface area contributed by atoms with Crippen molar-refractivity contribution in [1.82, 2.24) is 10.6 Å². The Labute approximate surface area is 299 Å². The number of rotatable bonds is 15. The van der Waals surface area contributed by atoms with Crippen LogP contribution >= 0.6 is 60.2 Å². The molecule has 0 aromatic rings. The lowest BCUT2D eigenvalue weighted by Gasteiger charge is -2.15. The molecule has 0 radical (unpaired) electrons. The van der Waals surface area contributed by atoms with E-state index in [1.54, 1.807) is 13.8 Å². The molecule has 10 nitrogen and oxygen atoms in total. The first-order chi connectivity index (χ1) is 19.9. The fourth-order valence-electron chi connectivity index (χ4n) is 2.11. The van der Waals surface area contributed by atoms with E-state index in [0.29, 0.717) is 38.5 Å². The maximum absolute atomic E-state index is 11.2. The van der Waals surface area contributed by atoms with E-state index in [1.165, 1.54) is 0 Å². The van der Waals surface area contributed by atoms with Gasteiger partial charge in [-0.1, -0.05) is 87.2 Å². The summed E-state index contributed by atoms with van der Waals surface area (Å²) < 4.78 is 14.7. The van der Waals surface area contributed by atoms with Crippen molar-refractivity contribution >= 4 is 82.8 Å². The molecule has 268 valence electrons. The van der Waals surface area contributed by atoms with E-state index in [0.717, 1.165) is 25.7 Å². The second-order valence-electron chi connectivity index (χ2n) is 9.85. The van der Waals surface area contributed by atoms with Crippen LogP contribution in [0.1, 0.15) is 109 Å². The third-order valence-corrected chi connectivity index (χ3v) is 6.17. The number of esters is 3. The Hall–Kier alpha value is -0.310. The van der Waals surface area contributed by atoms with Gasteiger partial charge in [-0.05, 0) is 69.3 Å². The van der Waals surface area contributed by atoms with Crippen LogP contribution < -0.4 is 10.6 Å². The highest BCUT2D eigenvalue weighted by Crippen LogP contribution is 2.02. The van der Waals surface area contributed by atoms with E-state index < -0.39 is 0 Å². The molecule has 0 amide bonds. The minimum absolute atomic E-state index is 0. The lowest BCUT2D eigenvalue weighted by atomic mass is 10.3. The van der Waals surface area contributed by atoms with Crippen molar-refractivity contribution in [2.45, 2.75) is 143 Å². The van der Waals surface area contributed by atoms with Gasteiger partial charge in [0.2, 0.25) is 4.69 Å². The fraction of sp³-hybridized carbons (Fsp3) is 0.867. The Morgan fingerprint density at radius 3 is 1.00 bits per heavy atom. The molecule has 0 aliphatic rings. The summed E-state index contributed by atoms with van der Waals surface area (Å²) in [6.07, 6.45) is 3.51. The summed E-state index contributed by atoms with van der Waals surface area (Å²) in [6.45, 7) is 24.9. The van der Waals surface area contributed by atoms with Gasteiger partial charge in [-0.3, -0.25) is 19.2 Å². The summed E-state index contributed by atoms with van der Waals surface area (Å²) in [5, 5.41) is 14.0. The Bertz CT molecular complexity index is 640. The van der Waals surface area contributed by atoms with Crippen molar-refractivity contribution in [2.75, 3.05) is 26.4 Å². The number of ether oxygens (including phenoxy) is 3. The second kappa shape index (κ2) is 40.7. The van der Waals surface area contributed by atoms with E-state index in [1.807, 2.05) is 69.2 Å². The smallest absolute Gasteiger partial charge is 0.322 e. The van der Waals surface area contributed by atoms with E-state index in [2.05, 4.69) is 58.4 Å². The minimum atomic E-state index is -0.198. The second-order valence-corrected chi connectivity index (χ2v) is 13.4. The third-order valence-electron chi connectivity index (χ3n) is 4.08. The topological polar surface area (TPSA) is 140 Å². The number of aliphatic hydroxyl groups is 1. The van der Waals surface area contributed by atoms with Gasteiger partial charge in [0.1, 0.15) is 16.9 Å². The first kappa shape index (κ1) is 56.1. The Morgan fingerprint density at radius 2 is 0.841 bits per heavy atom. The molecule has 0 fully saturated rings. The van der Waals surface area contributed by atoms with Crippen LogP contribution in [-0.4, -0.2) is 88.0 Å². The maximum Gasteiger partial charge on any atom is 0.322 e. The van der Waals surface area contributed by atoms with Gasteiger partial charge in [0.15, 0.2) is 0 Å². The van der Waals surface area contributed by atoms with Crippen LogP contribution in [0.5, 0.6) is 0 Å². The number of hydrogen-bond acceptors (Lipinski definition) is 10. The molecule has 0 saturated carbocycles. The van der Waals surface area contributed by atoms with Crippen molar-refractivity contribution in [2.24, 2.45) is 0 Å². The van der Waals surface area contributed by atoms with Crippen LogP contribution in [0, 0.1) is 0 Å². The summed E-state index contributed by atoms with van der Waals surface area (Å²) in [6, 6.07) is 0.233. The van der Waals surface area contributed by atoms with Crippen LogP contribution in [0.15, 0.2) is 0 Å². The number of carbonyl (C=O) groups is 4. The van der Waals surface area contributed by atoms with Gasteiger partial charge in [-0.15, -0.1) is 12.4 Å². The average molecular weight is 854 g/mol. The highest BCUT2D eigenvalue weighted by molar-refractivity contribution is 9.20. The molecule has 3 N–H and O–H groups in total. The molecular formula is C30H62Br3ClN2O8. The Kier molecular flexibility index (Phi) is 51.9. The first-order valence-electron chi connectivity index (χ1n) is 15.0. The molecule has 44 heavy (non-hydrogen) atoms. The number of halogens is 4. The van der Waals surface area contributed by atoms with Crippen LogP contribution in [0.4, 0.5) is 0 Å². The Morgan fingerprint density at radius 1 is 0.591 bits per heavy atom. The predicted molar refractivity (Wildman–Crippen MR) is 195 cm³/mol. The van der Waals surface area contributed by atoms with Crippen molar-refractivity contribution in [3.05, 3.63) is 0 Å². The van der Waals surface area contributed by atoms with Crippen molar-refractivity contribution in [3.8, 4) is 0 Å². The standard InChI is InChI=1S/2C9H19NO2.C6H11BrO2.C3H4Br2O.C3H8O.ClH/c2*1-5-6-12-9(11)8(4)10-7(2)3;1-3-4-9-6(8)5(2)7;1-2(4)3(5)6;1-2-3-4;/h2*7-8,10H,5-6H2,1-4H3;5H,3-4H2,1-2H3;2H,1H3;4H,2-3H2,1H3;1H. The van der Waals surface area contributed by atoms with Gasteiger partial charge < -0.3 is 30.0 Å². The first-order valence-corrected chi connectivity index (χ1v) is 17.6. The van der Waals surface area contributed by atoms with Gasteiger partial charge >= 0.3 is 17.9 Å². The Balaban J connectivity index is -0.000000107. The van der Waals surface area contributed by atoms with E-state index in [9.17, 15) is 19.2 Å². The SMILES string of the molecule is CC(Br)C(=O)Br.CCCO.CCCOC(=O)C(C)Br.CCCOC(=O)C(C)NC(C)C.CCCOC(=O)C(C)NC(C)C.Cl. The highest BCUT2D eigenvalue weighted by Gasteiger charge is 2.14. The van der Waals surface area contributed by atoms with Crippen molar-refractivity contribution < 1.29 is 38.5 Å². The lowest BCUT2D eigenvalue weighted by Crippen LogP contribution is -2.39. The number of carbonyl (C=O) groups excluding carboxylic acids is 4. The zero-order valence-electron chi connectivity index (χ0n) is 29.0. The molecular weight excluding hydrogens is 792 g/mol. The van der Waals surface area contributed by atoms with Gasteiger partial charge in [0.25, 0.3) is 0 Å². The van der Waals surface area contributed by atoms with Crippen molar-refractivity contribution in [1.29, 1.82) is 0 Å². The molecule has 0 saturated heterocycles. The monoisotopic (exact) mass is 850 g/mol. The van der Waals surface area contributed by atoms with Crippen LogP contribution in [0.25, 0.3) is 0 Å². The van der Waals surface area contributed by atoms with Crippen LogP contribution in [0.2, 0.25) is 0 Å². The molecule has 4 unspecified atom stereocenters. The molecule has 0 rings (SSSR count). The quantitative estimate of drug-likeness (QED) is 0.0692. The van der Waals surface area contributed by atoms with Gasteiger partial charge in [-0.2, -0.15) is 0 Å². The summed E-state index contributed by atoms with van der Waals surface area (Å²) in [7, 11) is 0. The molecule has 0 bridgehead atoms. The average Bonchev–Trinajstić information content (AvgIpc) is 2.93. The molecule has 0 aliphatic heterocycles. The zero-order valence-corrected chi connectivity index (χ0v) is 34.5. The molecule has 0 aromatic heterocycles. The van der Waals surface area contributed by atoms with Crippen molar-refractivity contribution in [3.63, 3.8) is 0 Å². The molecule has 0 aliphatic carbocycles. The number of alkyl halides is 2. The molecule has 0 spiro atoms. The number of hydrogen-bond donors (Lipinski definition) is 3. The predicted octanol–water partition coefficient (Wildman–Crippen LogP) is 6.88. The van der Waals surface area contributed by atoms with E-state index in [-0.39, 0.29) is 56.7 Å². The molecule has 0 aromatic carbocycles. The molecule has 0 heterocycles. The molecule has 14 heteroatoms. The minimum Gasteiger partial charge on any atom is -0.465 e.